The molecule has 0 fully saturated rings. The summed E-state index contributed by atoms with van der Waals surface area (Å²) in [5, 5.41) is 0. The maximum atomic E-state index is 11.8. The highest BCUT2D eigenvalue weighted by Gasteiger charge is 2.17. The van der Waals surface area contributed by atoms with Crippen LogP contribution in [0.15, 0.2) is 27.0 Å². The zero-order chi connectivity index (χ0) is 12.7. The topological polar surface area (TPSA) is 72.7 Å². The van der Waals surface area contributed by atoms with Gasteiger partial charge in [0.05, 0.1) is 6.04 Å². The molecule has 2 rings (SSSR count). The number of imidazole rings is 1. The largest absolute Gasteiger partial charge is 0.329 e. The van der Waals surface area contributed by atoms with E-state index in [0.29, 0.717) is 15.9 Å². The highest BCUT2D eigenvalue weighted by molar-refractivity contribution is 9.10. The fourth-order valence-corrected chi connectivity index (χ4v) is 2.32. The lowest BCUT2D eigenvalue weighted by atomic mass is 10.3. The van der Waals surface area contributed by atoms with Crippen LogP contribution in [-0.2, 0) is 7.05 Å². The molecule has 0 bridgehead atoms. The fraction of sp³-hybridized carbons (Fsp3) is 0.300. The van der Waals surface area contributed by atoms with Crippen molar-refractivity contribution in [2.45, 2.75) is 13.0 Å². The van der Waals surface area contributed by atoms with E-state index in [4.69, 9.17) is 0 Å². The van der Waals surface area contributed by atoms with Gasteiger partial charge >= 0.3 is 5.69 Å². The van der Waals surface area contributed by atoms with Gasteiger partial charge in [-0.15, -0.1) is 6.58 Å². The zero-order valence-electron chi connectivity index (χ0n) is 9.40. The summed E-state index contributed by atoms with van der Waals surface area (Å²) in [6.07, 6.45) is 1.69. The van der Waals surface area contributed by atoms with E-state index < -0.39 is 11.2 Å². The van der Waals surface area contributed by atoms with Gasteiger partial charge < -0.3 is 4.57 Å². The maximum Gasteiger partial charge on any atom is 0.329 e. The van der Waals surface area contributed by atoms with Crippen molar-refractivity contribution in [2.75, 3.05) is 0 Å². The quantitative estimate of drug-likeness (QED) is 0.662. The molecule has 0 radical (unpaired) electrons. The monoisotopic (exact) mass is 298 g/mol. The Morgan fingerprint density at radius 2 is 2.18 bits per heavy atom. The van der Waals surface area contributed by atoms with Crippen molar-refractivity contribution in [2.24, 2.45) is 7.05 Å². The molecule has 0 spiro atoms. The highest BCUT2D eigenvalue weighted by Crippen LogP contribution is 2.21. The Hall–Kier alpha value is -1.63. The van der Waals surface area contributed by atoms with Crippen LogP contribution in [0.25, 0.3) is 11.2 Å². The van der Waals surface area contributed by atoms with E-state index in [1.807, 2.05) is 6.92 Å². The van der Waals surface area contributed by atoms with Gasteiger partial charge in [0.25, 0.3) is 5.56 Å². The summed E-state index contributed by atoms with van der Waals surface area (Å²) in [7, 11) is 1.56. The first kappa shape index (κ1) is 11.8. The van der Waals surface area contributed by atoms with E-state index in [1.54, 1.807) is 17.7 Å². The molecule has 90 valence electrons. The molecule has 7 heteroatoms. The van der Waals surface area contributed by atoms with E-state index in [2.05, 4.69) is 32.5 Å². The molecule has 0 aliphatic rings. The van der Waals surface area contributed by atoms with Crippen molar-refractivity contribution in [1.82, 2.24) is 19.1 Å². The van der Waals surface area contributed by atoms with Crippen LogP contribution in [0.5, 0.6) is 0 Å². The van der Waals surface area contributed by atoms with Crippen molar-refractivity contribution >= 4 is 27.1 Å². The first-order valence-corrected chi connectivity index (χ1v) is 5.76. The van der Waals surface area contributed by atoms with Gasteiger partial charge in [0.1, 0.15) is 0 Å². The lowest BCUT2D eigenvalue weighted by Gasteiger charge is -2.09. The van der Waals surface area contributed by atoms with Gasteiger partial charge in [0, 0.05) is 7.05 Å². The van der Waals surface area contributed by atoms with Crippen LogP contribution < -0.4 is 11.2 Å². The summed E-state index contributed by atoms with van der Waals surface area (Å²) < 4.78 is 3.47. The molecule has 0 saturated carbocycles. The molecular weight excluding hydrogens is 288 g/mol. The van der Waals surface area contributed by atoms with Gasteiger partial charge in [-0.2, -0.15) is 0 Å². The van der Waals surface area contributed by atoms with Crippen molar-refractivity contribution in [1.29, 1.82) is 0 Å². The molecule has 0 amide bonds. The van der Waals surface area contributed by atoms with E-state index in [0.717, 1.165) is 0 Å². The van der Waals surface area contributed by atoms with Crippen LogP contribution in [0.3, 0.4) is 0 Å². The fourth-order valence-electron chi connectivity index (χ4n) is 1.65. The third-order valence-electron chi connectivity index (χ3n) is 2.66. The second-order valence-electron chi connectivity index (χ2n) is 3.72. The minimum absolute atomic E-state index is 0.104. The lowest BCUT2D eigenvalue weighted by molar-refractivity contribution is 0.663. The molecule has 6 nitrogen and oxygen atoms in total. The number of allylic oxidation sites excluding steroid dienone is 1. The van der Waals surface area contributed by atoms with Crippen molar-refractivity contribution < 1.29 is 0 Å². The summed E-state index contributed by atoms with van der Waals surface area (Å²) in [4.78, 5) is 29.7. The molecular formula is C10H11BrN4O2. The lowest BCUT2D eigenvalue weighted by Crippen LogP contribution is -2.29. The molecule has 2 aromatic heterocycles. The van der Waals surface area contributed by atoms with Crippen LogP contribution in [0.1, 0.15) is 13.0 Å². The molecule has 0 unspecified atom stereocenters. The van der Waals surface area contributed by atoms with E-state index >= 15 is 0 Å². The Bertz CT molecular complexity index is 709. The second kappa shape index (κ2) is 3.99. The zero-order valence-corrected chi connectivity index (χ0v) is 11.0. The van der Waals surface area contributed by atoms with Crippen LogP contribution in [0.4, 0.5) is 0 Å². The number of aromatic nitrogens is 4. The average molecular weight is 299 g/mol. The molecule has 2 aromatic rings. The van der Waals surface area contributed by atoms with Crippen LogP contribution >= 0.6 is 15.9 Å². The molecule has 0 aliphatic heterocycles. The first-order chi connectivity index (χ1) is 7.97. The van der Waals surface area contributed by atoms with Gasteiger partial charge in [-0.25, -0.2) is 9.78 Å². The minimum atomic E-state index is -0.481. The number of aryl methyl sites for hydroxylation is 1. The van der Waals surface area contributed by atoms with E-state index in [1.165, 1.54) is 4.57 Å². The molecule has 2 heterocycles. The molecule has 1 N–H and O–H groups in total. The SMILES string of the molecule is C=C[C@@H](C)n1c(Br)nc2c1c(=O)[nH]c(=O)n2C. The Kier molecular flexibility index (Phi) is 2.78. The molecule has 17 heavy (non-hydrogen) atoms. The Labute approximate surface area is 105 Å². The summed E-state index contributed by atoms with van der Waals surface area (Å²) in [6.45, 7) is 5.56. The third-order valence-corrected chi connectivity index (χ3v) is 3.22. The third kappa shape index (κ3) is 1.66. The summed E-state index contributed by atoms with van der Waals surface area (Å²) in [5.41, 5.74) is -0.230. The number of fused-ring (bicyclic) bond motifs is 1. The molecule has 0 aliphatic carbocycles. The van der Waals surface area contributed by atoms with E-state index in [9.17, 15) is 9.59 Å². The smallest absolute Gasteiger partial charge is 0.306 e. The second-order valence-corrected chi connectivity index (χ2v) is 4.43. The Morgan fingerprint density at radius 1 is 1.53 bits per heavy atom. The first-order valence-electron chi connectivity index (χ1n) is 4.96. The summed E-state index contributed by atoms with van der Waals surface area (Å²) in [5.74, 6) is 0. The summed E-state index contributed by atoms with van der Waals surface area (Å²) >= 11 is 3.28. The van der Waals surface area contributed by atoms with Crippen molar-refractivity contribution in [3.05, 3.63) is 38.2 Å². The molecule has 0 aromatic carbocycles. The number of aromatic amines is 1. The predicted octanol–water partition coefficient (Wildman–Crippen LogP) is 0.933. The number of rotatable bonds is 2. The summed E-state index contributed by atoms with van der Waals surface area (Å²) in [6, 6.07) is -0.104. The number of H-pyrrole nitrogens is 1. The van der Waals surface area contributed by atoms with Crippen molar-refractivity contribution in [3.63, 3.8) is 0 Å². The Balaban J connectivity index is 3.02. The standard InChI is InChI=1S/C10H11BrN4O2/c1-4-5(2)15-6-7(12-9(15)11)14(3)10(17)13-8(6)16/h4-5H,1H2,2-3H3,(H,13,16,17)/t5-/m1/s1. The normalized spacial score (nSPS) is 12.9. The molecule has 1 atom stereocenters. The van der Waals surface area contributed by atoms with Gasteiger partial charge in [0.15, 0.2) is 15.9 Å². The number of halogens is 1. The van der Waals surface area contributed by atoms with Crippen molar-refractivity contribution in [3.8, 4) is 0 Å². The van der Waals surface area contributed by atoms with Gasteiger partial charge in [-0.05, 0) is 22.9 Å². The minimum Gasteiger partial charge on any atom is -0.306 e. The van der Waals surface area contributed by atoms with Gasteiger partial charge in [0.2, 0.25) is 0 Å². The van der Waals surface area contributed by atoms with E-state index in [-0.39, 0.29) is 6.04 Å². The van der Waals surface area contributed by atoms with Gasteiger partial charge in [-0.3, -0.25) is 14.3 Å². The van der Waals surface area contributed by atoms with Crippen LogP contribution in [0.2, 0.25) is 0 Å². The maximum absolute atomic E-state index is 11.8. The Morgan fingerprint density at radius 3 is 2.76 bits per heavy atom. The average Bonchev–Trinajstić information content (AvgIpc) is 2.63. The van der Waals surface area contributed by atoms with Gasteiger partial charge in [-0.1, -0.05) is 6.08 Å². The number of nitrogens with one attached hydrogen (secondary N) is 1. The predicted molar refractivity (Wildman–Crippen MR) is 68.2 cm³/mol. The number of hydrogen-bond acceptors (Lipinski definition) is 3. The number of hydrogen-bond donors (Lipinski definition) is 1. The highest BCUT2D eigenvalue weighted by atomic mass is 79.9. The molecule has 0 saturated heterocycles. The number of nitrogens with zero attached hydrogens (tertiary/aromatic N) is 3. The van der Waals surface area contributed by atoms with Crippen LogP contribution in [-0.4, -0.2) is 19.1 Å². The van der Waals surface area contributed by atoms with Crippen LogP contribution in [0, 0.1) is 0 Å².